The fourth-order valence-electron chi connectivity index (χ4n) is 1.64. The number of hydrogen-bond acceptors (Lipinski definition) is 3. The highest BCUT2D eigenvalue weighted by Gasteiger charge is 2.11. The first kappa shape index (κ1) is 12.0. The highest BCUT2D eigenvalue weighted by Crippen LogP contribution is 2.09. The first-order valence-corrected chi connectivity index (χ1v) is 5.72. The first-order valence-electron chi connectivity index (χ1n) is 5.72. The van der Waals surface area contributed by atoms with E-state index in [4.69, 9.17) is 0 Å². The van der Waals surface area contributed by atoms with Crippen LogP contribution < -0.4 is 10.6 Å². The van der Waals surface area contributed by atoms with Crippen molar-refractivity contribution in [2.75, 3.05) is 45.8 Å². The van der Waals surface area contributed by atoms with Gasteiger partial charge >= 0.3 is 0 Å². The summed E-state index contributed by atoms with van der Waals surface area (Å²) < 4.78 is 0. The van der Waals surface area contributed by atoms with Crippen molar-refractivity contribution in [1.82, 2.24) is 15.5 Å². The Balaban J connectivity index is 1.97. The van der Waals surface area contributed by atoms with Gasteiger partial charge < -0.3 is 10.6 Å². The van der Waals surface area contributed by atoms with Crippen molar-refractivity contribution < 1.29 is 0 Å². The van der Waals surface area contributed by atoms with Gasteiger partial charge in [0.05, 0.1) is 0 Å². The van der Waals surface area contributed by atoms with Crippen molar-refractivity contribution in [1.29, 1.82) is 0 Å². The van der Waals surface area contributed by atoms with Gasteiger partial charge in [0, 0.05) is 45.8 Å². The summed E-state index contributed by atoms with van der Waals surface area (Å²) in [6, 6.07) is 0. The lowest BCUT2D eigenvalue weighted by Crippen LogP contribution is -2.46. The normalized spacial score (nSPS) is 19.9. The number of nitrogens with zero attached hydrogens (tertiary/aromatic N) is 1. The summed E-state index contributed by atoms with van der Waals surface area (Å²) in [6.07, 6.45) is 0. The average Bonchev–Trinajstić information content (AvgIpc) is 2.13. The minimum Gasteiger partial charge on any atom is -0.315 e. The molecule has 1 saturated heterocycles. The van der Waals surface area contributed by atoms with Crippen LogP contribution in [0.4, 0.5) is 0 Å². The molecule has 1 heterocycles. The fourth-order valence-corrected chi connectivity index (χ4v) is 1.64. The Bertz CT molecular complexity index is 145. The third-order valence-corrected chi connectivity index (χ3v) is 2.47. The number of rotatable bonds is 4. The molecule has 0 unspecified atom stereocenters. The van der Waals surface area contributed by atoms with Crippen LogP contribution in [-0.4, -0.2) is 50.7 Å². The summed E-state index contributed by atoms with van der Waals surface area (Å²) in [5.41, 5.74) is 0.406. The molecule has 0 aromatic rings. The van der Waals surface area contributed by atoms with Crippen LogP contribution in [0.3, 0.4) is 0 Å². The van der Waals surface area contributed by atoms with Gasteiger partial charge in [-0.2, -0.15) is 0 Å². The molecule has 0 saturated carbocycles. The smallest absolute Gasteiger partial charge is 0.0108 e. The van der Waals surface area contributed by atoms with Gasteiger partial charge in [0.2, 0.25) is 0 Å². The van der Waals surface area contributed by atoms with E-state index in [2.05, 4.69) is 36.3 Å². The SMILES string of the molecule is CC(C)(C)CNCCN1CCNCC1. The van der Waals surface area contributed by atoms with E-state index in [0.717, 1.165) is 26.2 Å². The van der Waals surface area contributed by atoms with E-state index >= 15 is 0 Å². The van der Waals surface area contributed by atoms with Gasteiger partial charge in [-0.1, -0.05) is 20.8 Å². The largest absolute Gasteiger partial charge is 0.315 e. The number of piperazine rings is 1. The lowest BCUT2D eigenvalue weighted by molar-refractivity contribution is 0.237. The lowest BCUT2D eigenvalue weighted by Gasteiger charge is -2.28. The lowest BCUT2D eigenvalue weighted by atomic mass is 9.97. The van der Waals surface area contributed by atoms with Gasteiger partial charge in [0.15, 0.2) is 0 Å². The predicted molar refractivity (Wildman–Crippen MR) is 61.6 cm³/mol. The van der Waals surface area contributed by atoms with Gasteiger partial charge in [0.1, 0.15) is 0 Å². The average molecular weight is 199 g/mol. The van der Waals surface area contributed by atoms with Crippen molar-refractivity contribution >= 4 is 0 Å². The first-order chi connectivity index (χ1) is 6.58. The Morgan fingerprint density at radius 2 is 1.86 bits per heavy atom. The molecule has 0 amide bonds. The molecule has 1 aliphatic heterocycles. The van der Waals surface area contributed by atoms with E-state index in [-0.39, 0.29) is 0 Å². The van der Waals surface area contributed by atoms with E-state index in [9.17, 15) is 0 Å². The molecular weight excluding hydrogens is 174 g/mol. The molecule has 1 rings (SSSR count). The molecule has 1 fully saturated rings. The maximum atomic E-state index is 3.51. The summed E-state index contributed by atoms with van der Waals surface area (Å²) in [7, 11) is 0. The highest BCUT2D eigenvalue weighted by atomic mass is 15.2. The Hall–Kier alpha value is -0.120. The topological polar surface area (TPSA) is 27.3 Å². The molecule has 2 N–H and O–H groups in total. The van der Waals surface area contributed by atoms with Crippen LogP contribution in [0.25, 0.3) is 0 Å². The Morgan fingerprint density at radius 3 is 2.43 bits per heavy atom. The van der Waals surface area contributed by atoms with E-state index < -0.39 is 0 Å². The van der Waals surface area contributed by atoms with Gasteiger partial charge in [-0.05, 0) is 5.41 Å². The van der Waals surface area contributed by atoms with E-state index in [1.165, 1.54) is 19.6 Å². The summed E-state index contributed by atoms with van der Waals surface area (Å²) in [5, 5.41) is 6.88. The molecule has 14 heavy (non-hydrogen) atoms. The molecule has 0 radical (unpaired) electrons. The van der Waals surface area contributed by atoms with Gasteiger partial charge in [0.25, 0.3) is 0 Å². The van der Waals surface area contributed by atoms with Crippen LogP contribution in [0.5, 0.6) is 0 Å². The van der Waals surface area contributed by atoms with Crippen LogP contribution >= 0.6 is 0 Å². The molecule has 3 nitrogen and oxygen atoms in total. The third-order valence-electron chi connectivity index (χ3n) is 2.47. The second kappa shape index (κ2) is 5.69. The highest BCUT2D eigenvalue weighted by molar-refractivity contribution is 4.70. The molecule has 0 aromatic heterocycles. The maximum Gasteiger partial charge on any atom is 0.0108 e. The predicted octanol–water partition coefficient (Wildman–Crippen LogP) is 0.527. The Kier molecular flexibility index (Phi) is 4.85. The number of hydrogen-bond donors (Lipinski definition) is 2. The van der Waals surface area contributed by atoms with Crippen molar-refractivity contribution in [2.24, 2.45) is 5.41 Å². The maximum absolute atomic E-state index is 3.51. The summed E-state index contributed by atoms with van der Waals surface area (Å²) >= 11 is 0. The molecule has 0 aromatic carbocycles. The van der Waals surface area contributed by atoms with Crippen molar-refractivity contribution in [2.45, 2.75) is 20.8 Å². The molecule has 1 aliphatic rings. The minimum absolute atomic E-state index is 0.406. The van der Waals surface area contributed by atoms with Crippen molar-refractivity contribution in [3.63, 3.8) is 0 Å². The van der Waals surface area contributed by atoms with Crippen LogP contribution in [-0.2, 0) is 0 Å². The van der Waals surface area contributed by atoms with Crippen LogP contribution in [0.2, 0.25) is 0 Å². The molecule has 3 heteroatoms. The number of nitrogens with one attached hydrogen (secondary N) is 2. The zero-order chi connectivity index (χ0) is 10.4. The summed E-state index contributed by atoms with van der Waals surface area (Å²) in [4.78, 5) is 2.52. The Morgan fingerprint density at radius 1 is 1.21 bits per heavy atom. The molecular formula is C11H25N3. The van der Waals surface area contributed by atoms with Crippen LogP contribution in [0.1, 0.15) is 20.8 Å². The third kappa shape index (κ3) is 5.58. The van der Waals surface area contributed by atoms with E-state index in [1.807, 2.05) is 0 Å². The van der Waals surface area contributed by atoms with Crippen molar-refractivity contribution in [3.05, 3.63) is 0 Å². The van der Waals surface area contributed by atoms with E-state index in [1.54, 1.807) is 0 Å². The van der Waals surface area contributed by atoms with Gasteiger partial charge in [-0.25, -0.2) is 0 Å². The standard InChI is InChI=1S/C11H25N3/c1-11(2,3)10-13-6-9-14-7-4-12-5-8-14/h12-13H,4-10H2,1-3H3. The zero-order valence-electron chi connectivity index (χ0n) is 9.90. The molecule has 0 atom stereocenters. The monoisotopic (exact) mass is 199 g/mol. The summed E-state index contributed by atoms with van der Waals surface area (Å²) in [6.45, 7) is 14.9. The van der Waals surface area contributed by atoms with Gasteiger partial charge in [-0.15, -0.1) is 0 Å². The van der Waals surface area contributed by atoms with Crippen LogP contribution in [0.15, 0.2) is 0 Å². The quantitative estimate of drug-likeness (QED) is 0.647. The van der Waals surface area contributed by atoms with E-state index in [0.29, 0.717) is 5.41 Å². The second-order valence-corrected chi connectivity index (χ2v) is 5.33. The molecule has 0 aliphatic carbocycles. The van der Waals surface area contributed by atoms with Crippen LogP contribution in [0, 0.1) is 5.41 Å². The Labute approximate surface area is 88.2 Å². The molecule has 0 spiro atoms. The van der Waals surface area contributed by atoms with Gasteiger partial charge in [-0.3, -0.25) is 4.90 Å². The summed E-state index contributed by atoms with van der Waals surface area (Å²) in [5.74, 6) is 0. The fraction of sp³-hybridized carbons (Fsp3) is 1.00. The minimum atomic E-state index is 0.406. The second-order valence-electron chi connectivity index (χ2n) is 5.33. The zero-order valence-corrected chi connectivity index (χ0v) is 9.90. The molecule has 84 valence electrons. The van der Waals surface area contributed by atoms with Crippen molar-refractivity contribution in [3.8, 4) is 0 Å². The molecule has 0 bridgehead atoms.